The number of methoxy groups -OCH3 is 1. The maximum Gasteiger partial charge on any atom is 0.262 e. The first-order valence-corrected chi connectivity index (χ1v) is 10.6. The third-order valence-electron chi connectivity index (χ3n) is 5.40. The van der Waals surface area contributed by atoms with E-state index in [0.717, 1.165) is 11.3 Å². The summed E-state index contributed by atoms with van der Waals surface area (Å²) >= 11 is 5.30. The van der Waals surface area contributed by atoms with Gasteiger partial charge in [0.25, 0.3) is 11.5 Å². The average Bonchev–Trinajstić information content (AvgIpc) is 3.25. The molecule has 4 aromatic rings. The second-order valence-electron chi connectivity index (χ2n) is 7.47. The number of imidazole rings is 1. The average molecular weight is 462 g/mol. The van der Waals surface area contributed by atoms with Gasteiger partial charge in [0, 0.05) is 31.5 Å². The Morgan fingerprint density at radius 3 is 2.70 bits per heavy atom. The van der Waals surface area contributed by atoms with Gasteiger partial charge in [-0.15, -0.1) is 6.58 Å². The van der Waals surface area contributed by atoms with Crippen molar-refractivity contribution in [3.05, 3.63) is 99.6 Å². The topological polar surface area (TPSA) is 93.9 Å². The van der Waals surface area contributed by atoms with Gasteiger partial charge < -0.3 is 19.6 Å². The maximum atomic E-state index is 13.2. The number of aromatic nitrogens is 4. The Bertz CT molecular complexity index is 1450. The van der Waals surface area contributed by atoms with E-state index in [9.17, 15) is 9.59 Å². The van der Waals surface area contributed by atoms with E-state index < -0.39 is 6.04 Å². The van der Waals surface area contributed by atoms with Gasteiger partial charge in [0.15, 0.2) is 4.77 Å². The molecule has 0 fully saturated rings. The van der Waals surface area contributed by atoms with Crippen LogP contribution in [0, 0.1) is 4.77 Å². The number of amides is 1. The van der Waals surface area contributed by atoms with Crippen LogP contribution in [-0.4, -0.2) is 32.1 Å². The molecule has 2 heterocycles. The number of rotatable bonds is 7. The highest BCUT2D eigenvalue weighted by atomic mass is 32.1. The summed E-state index contributed by atoms with van der Waals surface area (Å²) in [5.74, 6) is 1.09. The Balaban J connectivity index is 1.71. The van der Waals surface area contributed by atoms with Crippen molar-refractivity contribution in [3.63, 3.8) is 0 Å². The van der Waals surface area contributed by atoms with E-state index in [2.05, 4.69) is 21.9 Å². The second-order valence-corrected chi connectivity index (χ2v) is 7.86. The SMILES string of the molecule is C=CCn1c(=S)[nH]c2cc(C(=O)NC(c3ccc(OC)cc3)c3nccn3C)ccc2c1=O. The normalized spacial score (nSPS) is 11.8. The first-order valence-electron chi connectivity index (χ1n) is 10.2. The highest BCUT2D eigenvalue weighted by Gasteiger charge is 2.22. The van der Waals surface area contributed by atoms with Crippen molar-refractivity contribution in [2.24, 2.45) is 7.05 Å². The van der Waals surface area contributed by atoms with Gasteiger partial charge in [0.05, 0.1) is 18.0 Å². The molecule has 2 aromatic heterocycles. The van der Waals surface area contributed by atoms with Crippen molar-refractivity contribution in [1.82, 2.24) is 24.4 Å². The number of fused-ring (bicyclic) bond motifs is 1. The minimum atomic E-state index is -0.488. The van der Waals surface area contributed by atoms with E-state index in [1.165, 1.54) is 4.57 Å². The second kappa shape index (κ2) is 9.25. The predicted molar refractivity (Wildman–Crippen MR) is 129 cm³/mol. The first-order chi connectivity index (χ1) is 15.9. The zero-order valence-electron chi connectivity index (χ0n) is 18.2. The molecule has 0 saturated carbocycles. The highest BCUT2D eigenvalue weighted by molar-refractivity contribution is 7.71. The van der Waals surface area contributed by atoms with Crippen LogP contribution in [0.4, 0.5) is 0 Å². The van der Waals surface area contributed by atoms with E-state index in [4.69, 9.17) is 17.0 Å². The van der Waals surface area contributed by atoms with E-state index in [1.807, 2.05) is 42.1 Å². The highest BCUT2D eigenvalue weighted by Crippen LogP contribution is 2.24. The minimum absolute atomic E-state index is 0.232. The van der Waals surface area contributed by atoms with Crippen LogP contribution in [0.1, 0.15) is 27.8 Å². The number of carbonyl (C=O) groups excluding carboxylic acids is 1. The zero-order valence-corrected chi connectivity index (χ0v) is 19.1. The summed E-state index contributed by atoms with van der Waals surface area (Å²) in [6, 6.07) is 11.8. The Hall–Kier alpha value is -3.98. The van der Waals surface area contributed by atoms with Crippen molar-refractivity contribution in [2.75, 3.05) is 7.11 Å². The van der Waals surface area contributed by atoms with Crippen molar-refractivity contribution in [2.45, 2.75) is 12.6 Å². The molecule has 33 heavy (non-hydrogen) atoms. The molecule has 0 bridgehead atoms. The van der Waals surface area contributed by atoms with Gasteiger partial charge in [-0.25, -0.2) is 4.98 Å². The number of aryl methyl sites for hydroxylation is 1. The number of hydrogen-bond donors (Lipinski definition) is 2. The Labute approximate surface area is 195 Å². The number of carbonyl (C=O) groups is 1. The lowest BCUT2D eigenvalue weighted by Crippen LogP contribution is -2.31. The number of aromatic amines is 1. The van der Waals surface area contributed by atoms with Crippen molar-refractivity contribution < 1.29 is 9.53 Å². The molecular formula is C24H23N5O3S. The number of hydrogen-bond acceptors (Lipinski definition) is 5. The van der Waals surface area contributed by atoms with E-state index >= 15 is 0 Å². The number of nitrogens with zero attached hydrogens (tertiary/aromatic N) is 3. The van der Waals surface area contributed by atoms with Crippen molar-refractivity contribution >= 4 is 29.0 Å². The van der Waals surface area contributed by atoms with Crippen LogP contribution >= 0.6 is 12.2 Å². The van der Waals surface area contributed by atoms with Crippen molar-refractivity contribution in [3.8, 4) is 5.75 Å². The molecule has 9 heteroatoms. The quantitative estimate of drug-likeness (QED) is 0.325. The molecular weight excluding hydrogens is 438 g/mol. The number of ether oxygens (including phenoxy) is 1. The number of benzene rings is 2. The number of nitrogens with one attached hydrogen (secondary N) is 2. The molecule has 0 aliphatic heterocycles. The largest absolute Gasteiger partial charge is 0.497 e. The molecule has 1 amide bonds. The zero-order chi connectivity index (χ0) is 23.5. The summed E-state index contributed by atoms with van der Waals surface area (Å²) in [7, 11) is 3.47. The Morgan fingerprint density at radius 2 is 2.06 bits per heavy atom. The third-order valence-corrected chi connectivity index (χ3v) is 5.72. The fourth-order valence-corrected chi connectivity index (χ4v) is 3.92. The van der Waals surface area contributed by atoms with Gasteiger partial charge in [-0.2, -0.15) is 0 Å². The number of H-pyrrole nitrogens is 1. The molecule has 0 aliphatic carbocycles. The van der Waals surface area contributed by atoms with Crippen LogP contribution in [0.2, 0.25) is 0 Å². The van der Waals surface area contributed by atoms with Crippen LogP contribution in [0.25, 0.3) is 10.9 Å². The molecule has 0 saturated heterocycles. The molecule has 8 nitrogen and oxygen atoms in total. The molecule has 4 rings (SSSR count). The summed E-state index contributed by atoms with van der Waals surface area (Å²) in [6.45, 7) is 3.96. The monoisotopic (exact) mass is 461 g/mol. The molecule has 0 radical (unpaired) electrons. The van der Waals surface area contributed by atoms with Crippen LogP contribution in [0.15, 0.2) is 72.3 Å². The van der Waals surface area contributed by atoms with E-state index in [-0.39, 0.29) is 16.2 Å². The summed E-state index contributed by atoms with van der Waals surface area (Å²) in [4.78, 5) is 33.4. The lowest BCUT2D eigenvalue weighted by Gasteiger charge is -2.19. The lowest BCUT2D eigenvalue weighted by molar-refractivity contribution is 0.0941. The van der Waals surface area contributed by atoms with Crippen LogP contribution in [0.5, 0.6) is 5.75 Å². The fourth-order valence-electron chi connectivity index (χ4n) is 3.65. The minimum Gasteiger partial charge on any atom is -0.497 e. The molecule has 168 valence electrons. The van der Waals surface area contributed by atoms with Gasteiger partial charge in [0.1, 0.15) is 17.6 Å². The molecule has 2 N–H and O–H groups in total. The standard InChI is InChI=1S/C24H23N5O3S/c1-4-12-29-23(31)18-10-7-16(14-19(18)26-24(29)33)22(30)27-20(21-25-11-13-28(21)2)15-5-8-17(32-3)9-6-15/h4-11,13-14,20H,1,12H2,2-3H3,(H,26,33)(H,27,30). The summed E-state index contributed by atoms with van der Waals surface area (Å²) in [6.07, 6.45) is 5.11. The molecule has 0 spiro atoms. The van der Waals surface area contributed by atoms with Crippen molar-refractivity contribution in [1.29, 1.82) is 0 Å². The third kappa shape index (κ3) is 4.35. The molecule has 0 aliphatic rings. The van der Waals surface area contributed by atoms with Gasteiger partial charge >= 0.3 is 0 Å². The van der Waals surface area contributed by atoms with Gasteiger partial charge in [0.2, 0.25) is 0 Å². The van der Waals surface area contributed by atoms with Crippen LogP contribution in [-0.2, 0) is 13.6 Å². The number of allylic oxidation sites excluding steroid dienone is 1. The van der Waals surface area contributed by atoms with Gasteiger partial charge in [-0.1, -0.05) is 18.2 Å². The predicted octanol–water partition coefficient (Wildman–Crippen LogP) is 3.51. The molecule has 1 unspecified atom stereocenters. The summed E-state index contributed by atoms with van der Waals surface area (Å²) < 4.78 is 8.79. The molecule has 1 atom stereocenters. The van der Waals surface area contributed by atoms with Gasteiger partial charge in [-0.05, 0) is 48.1 Å². The van der Waals surface area contributed by atoms with Crippen LogP contribution < -0.4 is 15.6 Å². The summed E-state index contributed by atoms with van der Waals surface area (Å²) in [5.41, 5.74) is 1.51. The Morgan fingerprint density at radius 1 is 1.30 bits per heavy atom. The van der Waals surface area contributed by atoms with E-state index in [1.54, 1.807) is 37.6 Å². The Kier molecular flexibility index (Phi) is 6.23. The van der Waals surface area contributed by atoms with E-state index in [0.29, 0.717) is 28.8 Å². The first kappa shape index (κ1) is 22.2. The smallest absolute Gasteiger partial charge is 0.262 e. The molecule has 2 aromatic carbocycles. The van der Waals surface area contributed by atoms with Crippen LogP contribution in [0.3, 0.4) is 0 Å². The fraction of sp³-hybridized carbons (Fsp3) is 0.167. The van der Waals surface area contributed by atoms with Gasteiger partial charge in [-0.3, -0.25) is 14.2 Å². The summed E-state index contributed by atoms with van der Waals surface area (Å²) in [5, 5.41) is 3.50. The lowest BCUT2D eigenvalue weighted by atomic mass is 10.0. The maximum absolute atomic E-state index is 13.2.